The van der Waals surface area contributed by atoms with Gasteiger partial charge in [-0.25, -0.2) is 0 Å². The third-order valence-corrected chi connectivity index (χ3v) is 3.76. The van der Waals surface area contributed by atoms with Crippen molar-refractivity contribution < 1.29 is 9.47 Å². The van der Waals surface area contributed by atoms with Crippen LogP contribution in [0, 0.1) is 6.92 Å². The lowest BCUT2D eigenvalue weighted by Crippen LogP contribution is -2.47. The number of morpholine rings is 1. The summed E-state index contributed by atoms with van der Waals surface area (Å²) in [6.45, 7) is 10.3. The quantitative estimate of drug-likeness (QED) is 0.894. The summed E-state index contributed by atoms with van der Waals surface area (Å²) in [6.07, 6.45) is 0.137. The van der Waals surface area contributed by atoms with Gasteiger partial charge >= 0.3 is 0 Å². The van der Waals surface area contributed by atoms with Gasteiger partial charge in [0.15, 0.2) is 0 Å². The first-order valence-electron chi connectivity index (χ1n) is 7.38. The second kappa shape index (κ2) is 7.07. The molecule has 0 spiro atoms. The summed E-state index contributed by atoms with van der Waals surface area (Å²) in [5.41, 5.74) is 8.03. The van der Waals surface area contributed by atoms with E-state index in [0.717, 1.165) is 31.0 Å². The van der Waals surface area contributed by atoms with Crippen LogP contribution in [0.2, 0.25) is 0 Å². The maximum absolute atomic E-state index is 5.92. The standard InChI is InChI=1S/C16H26N2O2/c1-12(2)18-6-7-19-15(10-18)11-20-16-5-4-13(3)8-14(16)9-17/h4-5,8,12,15H,6-7,9-11,17H2,1-3H3. The highest BCUT2D eigenvalue weighted by molar-refractivity contribution is 5.36. The molecular weight excluding hydrogens is 252 g/mol. The van der Waals surface area contributed by atoms with Gasteiger partial charge in [-0.1, -0.05) is 17.7 Å². The summed E-state index contributed by atoms with van der Waals surface area (Å²) in [7, 11) is 0. The molecule has 1 aromatic rings. The highest BCUT2D eigenvalue weighted by Gasteiger charge is 2.22. The zero-order chi connectivity index (χ0) is 14.5. The van der Waals surface area contributed by atoms with Crippen molar-refractivity contribution >= 4 is 0 Å². The van der Waals surface area contributed by atoms with Gasteiger partial charge in [-0.2, -0.15) is 0 Å². The Labute approximate surface area is 121 Å². The number of nitrogens with two attached hydrogens (primary N) is 1. The highest BCUT2D eigenvalue weighted by Crippen LogP contribution is 2.20. The Morgan fingerprint density at radius 2 is 2.25 bits per heavy atom. The Balaban J connectivity index is 1.91. The molecule has 112 valence electrons. The third kappa shape index (κ3) is 3.95. The molecule has 1 unspecified atom stereocenters. The molecule has 0 bridgehead atoms. The fraction of sp³-hybridized carbons (Fsp3) is 0.625. The van der Waals surface area contributed by atoms with Crippen molar-refractivity contribution in [3.63, 3.8) is 0 Å². The van der Waals surface area contributed by atoms with E-state index < -0.39 is 0 Å². The lowest BCUT2D eigenvalue weighted by Gasteiger charge is -2.35. The normalized spacial score (nSPS) is 20.4. The van der Waals surface area contributed by atoms with Crippen molar-refractivity contribution in [3.8, 4) is 5.75 Å². The van der Waals surface area contributed by atoms with Gasteiger partial charge in [0, 0.05) is 31.2 Å². The Morgan fingerprint density at radius 1 is 1.45 bits per heavy atom. The highest BCUT2D eigenvalue weighted by atomic mass is 16.5. The molecule has 4 nitrogen and oxygen atoms in total. The molecule has 0 amide bonds. The first kappa shape index (κ1) is 15.3. The van der Waals surface area contributed by atoms with E-state index in [2.05, 4.69) is 37.8 Å². The summed E-state index contributed by atoms with van der Waals surface area (Å²) in [6, 6.07) is 6.69. The van der Waals surface area contributed by atoms with E-state index in [4.69, 9.17) is 15.2 Å². The van der Waals surface area contributed by atoms with Crippen LogP contribution in [0.15, 0.2) is 18.2 Å². The molecule has 0 radical (unpaired) electrons. The number of rotatable bonds is 5. The lowest BCUT2D eigenvalue weighted by atomic mass is 10.1. The van der Waals surface area contributed by atoms with Gasteiger partial charge in [-0.05, 0) is 26.8 Å². The molecule has 4 heteroatoms. The first-order chi connectivity index (χ1) is 9.60. The number of benzene rings is 1. The van der Waals surface area contributed by atoms with Crippen molar-refractivity contribution in [2.75, 3.05) is 26.3 Å². The van der Waals surface area contributed by atoms with Crippen LogP contribution in [-0.4, -0.2) is 43.3 Å². The van der Waals surface area contributed by atoms with Gasteiger partial charge in [-0.15, -0.1) is 0 Å². The van der Waals surface area contributed by atoms with Crippen LogP contribution >= 0.6 is 0 Å². The fourth-order valence-electron chi connectivity index (χ4n) is 2.50. The van der Waals surface area contributed by atoms with Gasteiger partial charge in [0.1, 0.15) is 18.5 Å². The zero-order valence-electron chi connectivity index (χ0n) is 12.8. The smallest absolute Gasteiger partial charge is 0.123 e. The molecule has 0 saturated carbocycles. The largest absolute Gasteiger partial charge is 0.490 e. The Kier molecular flexibility index (Phi) is 5.40. The van der Waals surface area contributed by atoms with Crippen molar-refractivity contribution in [2.45, 2.75) is 39.5 Å². The molecule has 1 saturated heterocycles. The molecular formula is C16H26N2O2. The molecule has 1 aliphatic rings. The van der Waals surface area contributed by atoms with Gasteiger partial charge in [0.05, 0.1) is 6.61 Å². The van der Waals surface area contributed by atoms with Crippen LogP contribution in [0.3, 0.4) is 0 Å². The van der Waals surface area contributed by atoms with Crippen LogP contribution in [0.5, 0.6) is 5.75 Å². The number of hydrogen-bond acceptors (Lipinski definition) is 4. The number of ether oxygens (including phenoxy) is 2. The van der Waals surface area contributed by atoms with Gasteiger partial charge in [0.25, 0.3) is 0 Å². The Morgan fingerprint density at radius 3 is 2.95 bits per heavy atom. The van der Waals surface area contributed by atoms with Gasteiger partial charge in [0.2, 0.25) is 0 Å². The van der Waals surface area contributed by atoms with E-state index in [0.29, 0.717) is 19.2 Å². The minimum Gasteiger partial charge on any atom is -0.490 e. The molecule has 1 atom stereocenters. The maximum Gasteiger partial charge on any atom is 0.123 e. The van der Waals surface area contributed by atoms with Gasteiger partial charge < -0.3 is 15.2 Å². The molecule has 1 aliphatic heterocycles. The van der Waals surface area contributed by atoms with Crippen molar-refractivity contribution in [1.82, 2.24) is 4.90 Å². The fourth-order valence-corrected chi connectivity index (χ4v) is 2.50. The Hall–Kier alpha value is -1.10. The first-order valence-corrected chi connectivity index (χ1v) is 7.38. The van der Waals surface area contributed by atoms with E-state index >= 15 is 0 Å². The van der Waals surface area contributed by atoms with Crippen molar-refractivity contribution in [3.05, 3.63) is 29.3 Å². The summed E-state index contributed by atoms with van der Waals surface area (Å²) in [5.74, 6) is 0.878. The average Bonchev–Trinajstić information content (AvgIpc) is 2.46. The molecule has 2 N–H and O–H groups in total. The minimum absolute atomic E-state index is 0.137. The van der Waals surface area contributed by atoms with Gasteiger partial charge in [-0.3, -0.25) is 4.90 Å². The van der Waals surface area contributed by atoms with Crippen LogP contribution in [0.1, 0.15) is 25.0 Å². The molecule has 1 heterocycles. The molecule has 1 aromatic carbocycles. The summed E-state index contributed by atoms with van der Waals surface area (Å²) in [4.78, 5) is 2.43. The second-order valence-corrected chi connectivity index (χ2v) is 5.71. The molecule has 1 fully saturated rings. The molecule has 0 aliphatic carbocycles. The van der Waals surface area contributed by atoms with E-state index in [-0.39, 0.29) is 6.10 Å². The average molecular weight is 278 g/mol. The SMILES string of the molecule is Cc1ccc(OCC2CN(C(C)C)CCO2)c(CN)c1. The monoisotopic (exact) mass is 278 g/mol. The van der Waals surface area contributed by atoms with Crippen LogP contribution < -0.4 is 10.5 Å². The molecule has 20 heavy (non-hydrogen) atoms. The summed E-state index contributed by atoms with van der Waals surface area (Å²) in [5, 5.41) is 0. The van der Waals surface area contributed by atoms with E-state index in [1.165, 1.54) is 5.56 Å². The van der Waals surface area contributed by atoms with Crippen LogP contribution in [0.25, 0.3) is 0 Å². The predicted molar refractivity (Wildman–Crippen MR) is 81.0 cm³/mol. The van der Waals surface area contributed by atoms with E-state index in [9.17, 15) is 0 Å². The Bertz CT molecular complexity index is 434. The minimum atomic E-state index is 0.137. The third-order valence-electron chi connectivity index (χ3n) is 3.76. The lowest BCUT2D eigenvalue weighted by molar-refractivity contribution is -0.0565. The van der Waals surface area contributed by atoms with Crippen LogP contribution in [0.4, 0.5) is 0 Å². The van der Waals surface area contributed by atoms with E-state index in [1.807, 2.05) is 6.07 Å². The molecule has 0 aromatic heterocycles. The molecule has 2 rings (SSSR count). The summed E-state index contributed by atoms with van der Waals surface area (Å²) >= 11 is 0. The topological polar surface area (TPSA) is 47.7 Å². The summed E-state index contributed by atoms with van der Waals surface area (Å²) < 4.78 is 11.7. The number of nitrogens with zero attached hydrogens (tertiary/aromatic N) is 1. The second-order valence-electron chi connectivity index (χ2n) is 5.71. The van der Waals surface area contributed by atoms with Crippen molar-refractivity contribution in [1.29, 1.82) is 0 Å². The zero-order valence-corrected chi connectivity index (χ0v) is 12.8. The van der Waals surface area contributed by atoms with E-state index in [1.54, 1.807) is 0 Å². The van der Waals surface area contributed by atoms with Crippen LogP contribution in [-0.2, 0) is 11.3 Å². The maximum atomic E-state index is 5.92. The predicted octanol–water partition coefficient (Wildman–Crippen LogP) is 1.94. The number of aryl methyl sites for hydroxylation is 1. The number of hydrogen-bond donors (Lipinski definition) is 1. The van der Waals surface area contributed by atoms with Crippen molar-refractivity contribution in [2.24, 2.45) is 5.73 Å².